The highest BCUT2D eigenvalue weighted by Crippen LogP contribution is 2.16. The van der Waals surface area contributed by atoms with Gasteiger partial charge in [-0.25, -0.2) is 0 Å². The van der Waals surface area contributed by atoms with Crippen molar-refractivity contribution >= 4 is 5.95 Å². The molecule has 1 aliphatic heterocycles. The Morgan fingerprint density at radius 3 is 2.56 bits per heavy atom. The largest absolute Gasteiger partial charge is 0.378 e. The van der Waals surface area contributed by atoms with E-state index >= 15 is 0 Å². The maximum atomic E-state index is 5.34. The maximum Gasteiger partial charge on any atom is 0.250 e. The van der Waals surface area contributed by atoms with E-state index in [0.29, 0.717) is 0 Å². The summed E-state index contributed by atoms with van der Waals surface area (Å²) in [6.07, 6.45) is 0. The minimum atomic E-state index is 0.723. The van der Waals surface area contributed by atoms with Gasteiger partial charge in [0.25, 0.3) is 5.95 Å². The normalized spacial score (nSPS) is 15.9. The summed E-state index contributed by atoms with van der Waals surface area (Å²) >= 11 is 0. The lowest BCUT2D eigenvalue weighted by Crippen LogP contribution is -2.37. The Balaban J connectivity index is 1.93. The molecule has 0 amide bonds. The van der Waals surface area contributed by atoms with E-state index in [9.17, 15) is 0 Å². The molecule has 1 saturated heterocycles. The van der Waals surface area contributed by atoms with Crippen LogP contribution in [0.5, 0.6) is 0 Å². The van der Waals surface area contributed by atoms with Crippen molar-refractivity contribution in [1.29, 1.82) is 0 Å². The summed E-state index contributed by atoms with van der Waals surface area (Å²) in [5, 5.41) is 12.0. The Labute approximate surface area is 105 Å². The zero-order valence-electron chi connectivity index (χ0n) is 10.3. The Kier molecular flexibility index (Phi) is 2.93. The first-order valence-corrected chi connectivity index (χ1v) is 6.03. The first kappa shape index (κ1) is 11.2. The fraction of sp³-hybridized carbons (Fsp3) is 0.417. The van der Waals surface area contributed by atoms with Gasteiger partial charge < -0.3 is 9.64 Å². The van der Waals surface area contributed by atoms with Crippen LogP contribution in [0.15, 0.2) is 24.3 Å². The molecule has 1 aromatic heterocycles. The molecule has 0 saturated carbocycles. The van der Waals surface area contributed by atoms with Crippen molar-refractivity contribution in [3.63, 3.8) is 0 Å². The highest BCUT2D eigenvalue weighted by atomic mass is 16.5. The monoisotopic (exact) mass is 245 g/mol. The summed E-state index contributed by atoms with van der Waals surface area (Å²) in [4.78, 5) is 2.14. The van der Waals surface area contributed by atoms with Crippen LogP contribution in [-0.2, 0) is 4.74 Å². The van der Waals surface area contributed by atoms with Crippen LogP contribution in [0.3, 0.4) is 0 Å². The minimum Gasteiger partial charge on any atom is -0.378 e. The molecular formula is C12H15N5O. The molecule has 0 unspecified atom stereocenters. The van der Waals surface area contributed by atoms with Crippen LogP contribution in [0, 0.1) is 6.92 Å². The Bertz CT molecular complexity index is 516. The van der Waals surface area contributed by atoms with E-state index in [4.69, 9.17) is 4.74 Å². The lowest BCUT2D eigenvalue weighted by molar-refractivity contribution is 0.122. The highest BCUT2D eigenvalue weighted by molar-refractivity contribution is 5.41. The number of morpholine rings is 1. The number of ether oxygens (including phenoxy) is 1. The van der Waals surface area contributed by atoms with Gasteiger partial charge in [-0.05, 0) is 29.5 Å². The van der Waals surface area contributed by atoms with E-state index in [1.807, 2.05) is 12.1 Å². The molecule has 18 heavy (non-hydrogen) atoms. The predicted octanol–water partition coefficient (Wildman–Crippen LogP) is 0.807. The summed E-state index contributed by atoms with van der Waals surface area (Å²) in [5.41, 5.74) is 2.20. The summed E-state index contributed by atoms with van der Waals surface area (Å²) in [7, 11) is 0. The quantitative estimate of drug-likeness (QED) is 0.783. The van der Waals surface area contributed by atoms with Gasteiger partial charge in [-0.15, -0.1) is 0 Å². The fourth-order valence-corrected chi connectivity index (χ4v) is 2.00. The van der Waals surface area contributed by atoms with E-state index in [-0.39, 0.29) is 0 Å². The van der Waals surface area contributed by atoms with Gasteiger partial charge in [-0.1, -0.05) is 22.8 Å². The van der Waals surface area contributed by atoms with E-state index in [1.165, 1.54) is 5.56 Å². The van der Waals surface area contributed by atoms with Crippen molar-refractivity contribution in [2.24, 2.45) is 0 Å². The summed E-state index contributed by atoms with van der Waals surface area (Å²) in [5.74, 6) is 0.780. The number of tetrazole rings is 1. The molecule has 0 bridgehead atoms. The second kappa shape index (κ2) is 4.73. The number of hydrogen-bond acceptors (Lipinski definition) is 5. The lowest BCUT2D eigenvalue weighted by Gasteiger charge is -2.26. The molecule has 0 N–H and O–H groups in total. The molecule has 2 aromatic rings. The van der Waals surface area contributed by atoms with Crippen LogP contribution in [0.1, 0.15) is 5.56 Å². The molecule has 1 fully saturated rings. The minimum absolute atomic E-state index is 0.723. The molecule has 1 aliphatic rings. The Morgan fingerprint density at radius 1 is 1.11 bits per heavy atom. The second-order valence-corrected chi connectivity index (χ2v) is 4.33. The van der Waals surface area contributed by atoms with Crippen LogP contribution >= 0.6 is 0 Å². The standard InChI is InChI=1S/C12H15N5O/c1-10-2-4-11(5-3-10)17-12(13-14-15-17)16-6-8-18-9-7-16/h2-5H,6-9H2,1H3. The van der Waals surface area contributed by atoms with Crippen molar-refractivity contribution < 1.29 is 4.74 Å². The third-order valence-corrected chi connectivity index (χ3v) is 3.03. The van der Waals surface area contributed by atoms with Crippen LogP contribution in [0.2, 0.25) is 0 Å². The second-order valence-electron chi connectivity index (χ2n) is 4.33. The van der Waals surface area contributed by atoms with E-state index in [1.54, 1.807) is 4.68 Å². The van der Waals surface area contributed by atoms with E-state index in [0.717, 1.165) is 37.9 Å². The Hall–Kier alpha value is -1.95. The first-order valence-electron chi connectivity index (χ1n) is 6.03. The van der Waals surface area contributed by atoms with Crippen molar-refractivity contribution in [2.75, 3.05) is 31.2 Å². The molecule has 6 nitrogen and oxygen atoms in total. The third-order valence-electron chi connectivity index (χ3n) is 3.03. The van der Waals surface area contributed by atoms with Crippen LogP contribution in [0.4, 0.5) is 5.95 Å². The lowest BCUT2D eigenvalue weighted by atomic mass is 10.2. The zero-order chi connectivity index (χ0) is 12.4. The molecular weight excluding hydrogens is 230 g/mol. The molecule has 3 rings (SSSR count). The molecule has 94 valence electrons. The third kappa shape index (κ3) is 2.06. The molecule has 2 heterocycles. The number of nitrogens with zero attached hydrogens (tertiary/aromatic N) is 5. The van der Waals surface area contributed by atoms with Gasteiger partial charge in [0.05, 0.1) is 18.9 Å². The maximum absolute atomic E-state index is 5.34. The number of aromatic nitrogens is 4. The van der Waals surface area contributed by atoms with Crippen molar-refractivity contribution in [3.05, 3.63) is 29.8 Å². The van der Waals surface area contributed by atoms with Gasteiger partial charge in [0.2, 0.25) is 0 Å². The smallest absolute Gasteiger partial charge is 0.250 e. The molecule has 0 spiro atoms. The average molecular weight is 245 g/mol. The zero-order valence-corrected chi connectivity index (χ0v) is 10.3. The van der Waals surface area contributed by atoms with Crippen molar-refractivity contribution in [2.45, 2.75) is 6.92 Å². The number of hydrogen-bond donors (Lipinski definition) is 0. The highest BCUT2D eigenvalue weighted by Gasteiger charge is 2.18. The van der Waals surface area contributed by atoms with Gasteiger partial charge in [0.1, 0.15) is 0 Å². The van der Waals surface area contributed by atoms with Crippen LogP contribution in [-0.4, -0.2) is 46.5 Å². The molecule has 6 heteroatoms. The molecule has 1 aromatic carbocycles. The molecule has 0 atom stereocenters. The van der Waals surface area contributed by atoms with E-state index < -0.39 is 0 Å². The van der Waals surface area contributed by atoms with Gasteiger partial charge >= 0.3 is 0 Å². The SMILES string of the molecule is Cc1ccc(-n2nnnc2N2CCOCC2)cc1. The van der Waals surface area contributed by atoms with E-state index in [2.05, 4.69) is 39.5 Å². The summed E-state index contributed by atoms with van der Waals surface area (Å²) < 4.78 is 7.11. The van der Waals surface area contributed by atoms with Crippen molar-refractivity contribution in [3.8, 4) is 5.69 Å². The number of anilines is 1. The number of rotatable bonds is 2. The van der Waals surface area contributed by atoms with Gasteiger partial charge in [0.15, 0.2) is 0 Å². The fourth-order valence-electron chi connectivity index (χ4n) is 2.00. The van der Waals surface area contributed by atoms with Gasteiger partial charge in [0, 0.05) is 13.1 Å². The topological polar surface area (TPSA) is 56.1 Å². The number of benzene rings is 1. The van der Waals surface area contributed by atoms with Gasteiger partial charge in [-0.3, -0.25) is 0 Å². The first-order chi connectivity index (χ1) is 8.84. The van der Waals surface area contributed by atoms with Gasteiger partial charge in [-0.2, -0.15) is 4.68 Å². The molecule has 0 radical (unpaired) electrons. The van der Waals surface area contributed by atoms with Crippen molar-refractivity contribution in [1.82, 2.24) is 20.2 Å². The Morgan fingerprint density at radius 2 is 1.83 bits per heavy atom. The predicted molar refractivity (Wildman–Crippen MR) is 66.9 cm³/mol. The van der Waals surface area contributed by atoms with Crippen LogP contribution in [0.25, 0.3) is 5.69 Å². The number of aryl methyl sites for hydroxylation is 1. The molecule has 0 aliphatic carbocycles. The average Bonchev–Trinajstić information content (AvgIpc) is 2.90. The summed E-state index contributed by atoms with van der Waals surface area (Å²) in [6, 6.07) is 8.16. The summed E-state index contributed by atoms with van der Waals surface area (Å²) in [6.45, 7) is 5.16. The van der Waals surface area contributed by atoms with Crippen LogP contribution < -0.4 is 4.90 Å².